The first-order valence-electron chi connectivity index (χ1n) is 6.35. The summed E-state index contributed by atoms with van der Waals surface area (Å²) in [6.07, 6.45) is 0.347. The molecule has 0 aromatic heterocycles. The molecule has 0 aliphatic rings. The van der Waals surface area contributed by atoms with Crippen LogP contribution in [0.4, 0.5) is 11.4 Å². The summed E-state index contributed by atoms with van der Waals surface area (Å²) in [6.45, 7) is 0. The molecule has 0 saturated heterocycles. The Hall–Kier alpha value is -3.00. The number of nitrogens with two attached hydrogens (primary N) is 1. The summed E-state index contributed by atoms with van der Waals surface area (Å²) in [5.41, 5.74) is 8.16. The maximum atomic E-state index is 12.2. The fourth-order valence-corrected chi connectivity index (χ4v) is 1.89. The van der Waals surface area contributed by atoms with E-state index in [2.05, 4.69) is 11.4 Å². The zero-order valence-corrected chi connectivity index (χ0v) is 11.6. The molecule has 5 nitrogen and oxygen atoms in total. The lowest BCUT2D eigenvalue weighted by Crippen LogP contribution is -2.13. The minimum atomic E-state index is -0.278. The van der Waals surface area contributed by atoms with Crippen LogP contribution in [0, 0.1) is 11.3 Å². The number of anilines is 2. The molecule has 2 aromatic carbocycles. The van der Waals surface area contributed by atoms with E-state index in [0.29, 0.717) is 29.1 Å². The zero-order valence-electron chi connectivity index (χ0n) is 11.6. The van der Waals surface area contributed by atoms with Gasteiger partial charge in [-0.1, -0.05) is 12.1 Å². The highest BCUT2D eigenvalue weighted by Crippen LogP contribution is 2.22. The maximum absolute atomic E-state index is 12.2. The molecule has 0 aliphatic carbocycles. The van der Waals surface area contributed by atoms with E-state index in [1.807, 2.05) is 0 Å². The fourth-order valence-electron chi connectivity index (χ4n) is 1.89. The number of hydrogen-bond acceptors (Lipinski definition) is 4. The van der Waals surface area contributed by atoms with Gasteiger partial charge in [-0.25, -0.2) is 0 Å². The molecule has 0 aliphatic heterocycles. The molecule has 0 bridgehead atoms. The number of nitrogens with zero attached hydrogens (tertiary/aromatic N) is 1. The molecule has 0 heterocycles. The number of nitrogen functional groups attached to an aromatic ring is 1. The number of benzene rings is 2. The number of nitriles is 1. The third kappa shape index (κ3) is 3.51. The Balaban J connectivity index is 2.16. The van der Waals surface area contributed by atoms with Crippen LogP contribution in [0.5, 0.6) is 5.75 Å². The van der Waals surface area contributed by atoms with E-state index in [9.17, 15) is 4.79 Å². The Bertz CT molecular complexity index is 688. The van der Waals surface area contributed by atoms with Crippen molar-refractivity contribution in [2.24, 2.45) is 0 Å². The minimum Gasteiger partial charge on any atom is -0.496 e. The topological polar surface area (TPSA) is 88.1 Å². The Morgan fingerprint density at radius 3 is 2.62 bits per heavy atom. The Kier molecular flexibility index (Phi) is 4.42. The Morgan fingerprint density at radius 2 is 2.00 bits per heavy atom. The van der Waals surface area contributed by atoms with Gasteiger partial charge in [0.1, 0.15) is 5.75 Å². The van der Waals surface area contributed by atoms with Crippen molar-refractivity contribution in [3.8, 4) is 11.8 Å². The first-order valence-corrected chi connectivity index (χ1v) is 6.35. The van der Waals surface area contributed by atoms with Crippen LogP contribution in [0.1, 0.15) is 15.9 Å². The summed E-state index contributed by atoms with van der Waals surface area (Å²) in [5.74, 6) is 0.147. The summed E-state index contributed by atoms with van der Waals surface area (Å²) >= 11 is 0. The van der Waals surface area contributed by atoms with Crippen LogP contribution in [0.2, 0.25) is 0 Å². The number of methoxy groups -OCH3 is 1. The monoisotopic (exact) mass is 281 g/mol. The molecular weight excluding hydrogens is 266 g/mol. The quantitative estimate of drug-likeness (QED) is 0.843. The molecule has 5 heteroatoms. The second kappa shape index (κ2) is 6.44. The van der Waals surface area contributed by atoms with E-state index in [0.717, 1.165) is 5.56 Å². The van der Waals surface area contributed by atoms with Gasteiger partial charge in [-0.15, -0.1) is 0 Å². The van der Waals surface area contributed by atoms with Crippen molar-refractivity contribution in [2.45, 2.75) is 6.42 Å². The van der Waals surface area contributed by atoms with Crippen LogP contribution in [0.15, 0.2) is 42.5 Å². The lowest BCUT2D eigenvalue weighted by molar-refractivity contribution is 0.102. The highest BCUT2D eigenvalue weighted by atomic mass is 16.5. The molecular formula is C16H15N3O2. The average Bonchev–Trinajstić information content (AvgIpc) is 2.49. The highest BCUT2D eigenvalue weighted by molar-refractivity contribution is 6.06. The molecule has 0 saturated carbocycles. The lowest BCUT2D eigenvalue weighted by atomic mass is 10.1. The molecule has 0 unspecified atom stereocenters. The summed E-state index contributed by atoms with van der Waals surface area (Å²) < 4.78 is 5.16. The molecule has 21 heavy (non-hydrogen) atoms. The molecule has 2 aromatic rings. The number of carbonyl (C=O) groups excluding carboxylic acids is 1. The van der Waals surface area contributed by atoms with Gasteiger partial charge in [-0.2, -0.15) is 5.26 Å². The van der Waals surface area contributed by atoms with E-state index >= 15 is 0 Å². The van der Waals surface area contributed by atoms with E-state index in [4.69, 9.17) is 15.7 Å². The SMILES string of the molecule is COc1cc(N)ccc1C(=O)Nc1ccc(CC#N)cc1. The van der Waals surface area contributed by atoms with Gasteiger partial charge >= 0.3 is 0 Å². The summed E-state index contributed by atoms with van der Waals surface area (Å²) in [4.78, 5) is 12.2. The van der Waals surface area contributed by atoms with Crippen LogP contribution in [0.3, 0.4) is 0 Å². The van der Waals surface area contributed by atoms with E-state index < -0.39 is 0 Å². The largest absolute Gasteiger partial charge is 0.496 e. The van der Waals surface area contributed by atoms with Crippen molar-refractivity contribution < 1.29 is 9.53 Å². The first-order chi connectivity index (χ1) is 10.1. The van der Waals surface area contributed by atoms with Crippen molar-refractivity contribution >= 4 is 17.3 Å². The standard InChI is InChI=1S/C16H15N3O2/c1-21-15-10-12(18)4-7-14(15)16(20)19-13-5-2-11(3-6-13)8-9-17/h2-7,10H,8,18H2,1H3,(H,19,20). The average molecular weight is 281 g/mol. The number of ether oxygens (including phenoxy) is 1. The molecule has 3 N–H and O–H groups in total. The van der Waals surface area contributed by atoms with Crippen molar-refractivity contribution in [2.75, 3.05) is 18.2 Å². The first kappa shape index (κ1) is 14.4. The minimum absolute atomic E-state index is 0.278. The highest BCUT2D eigenvalue weighted by Gasteiger charge is 2.12. The zero-order chi connectivity index (χ0) is 15.2. The van der Waals surface area contributed by atoms with Gasteiger partial charge in [0.15, 0.2) is 0 Å². The van der Waals surface area contributed by atoms with E-state index in [1.54, 1.807) is 42.5 Å². The smallest absolute Gasteiger partial charge is 0.259 e. The number of nitrogens with one attached hydrogen (secondary N) is 1. The Morgan fingerprint density at radius 1 is 1.29 bits per heavy atom. The predicted octanol–water partition coefficient (Wildman–Crippen LogP) is 2.60. The lowest BCUT2D eigenvalue weighted by Gasteiger charge is -2.10. The van der Waals surface area contributed by atoms with Crippen LogP contribution >= 0.6 is 0 Å². The van der Waals surface area contributed by atoms with Gasteiger partial charge in [0.2, 0.25) is 0 Å². The normalized spacial score (nSPS) is 9.71. The van der Waals surface area contributed by atoms with Gasteiger partial charge in [0, 0.05) is 17.4 Å². The van der Waals surface area contributed by atoms with Crippen molar-refractivity contribution in [1.82, 2.24) is 0 Å². The van der Waals surface area contributed by atoms with Gasteiger partial charge in [-0.05, 0) is 29.8 Å². The molecule has 2 rings (SSSR count). The van der Waals surface area contributed by atoms with Gasteiger partial charge in [-0.3, -0.25) is 4.79 Å². The van der Waals surface area contributed by atoms with Crippen LogP contribution in [-0.2, 0) is 6.42 Å². The summed E-state index contributed by atoms with van der Waals surface area (Å²) in [6, 6.07) is 14.1. The van der Waals surface area contributed by atoms with Crippen LogP contribution in [0.25, 0.3) is 0 Å². The molecule has 0 spiro atoms. The van der Waals surface area contributed by atoms with E-state index in [-0.39, 0.29) is 5.91 Å². The third-order valence-electron chi connectivity index (χ3n) is 2.97. The number of carbonyl (C=O) groups is 1. The van der Waals surface area contributed by atoms with Gasteiger partial charge < -0.3 is 15.8 Å². The number of amides is 1. The number of hydrogen-bond donors (Lipinski definition) is 2. The molecule has 0 radical (unpaired) electrons. The van der Waals surface area contributed by atoms with Gasteiger partial charge in [0.05, 0.1) is 25.2 Å². The van der Waals surface area contributed by atoms with Crippen molar-refractivity contribution in [3.63, 3.8) is 0 Å². The fraction of sp³-hybridized carbons (Fsp3) is 0.125. The van der Waals surface area contributed by atoms with Crippen LogP contribution in [-0.4, -0.2) is 13.0 Å². The van der Waals surface area contributed by atoms with Crippen LogP contribution < -0.4 is 15.8 Å². The Labute approximate surface area is 123 Å². The second-order valence-electron chi connectivity index (χ2n) is 4.45. The van der Waals surface area contributed by atoms with Gasteiger partial charge in [0.25, 0.3) is 5.91 Å². The predicted molar refractivity (Wildman–Crippen MR) is 81.1 cm³/mol. The number of rotatable bonds is 4. The molecule has 0 atom stereocenters. The second-order valence-corrected chi connectivity index (χ2v) is 4.45. The van der Waals surface area contributed by atoms with Crippen molar-refractivity contribution in [3.05, 3.63) is 53.6 Å². The van der Waals surface area contributed by atoms with Crippen molar-refractivity contribution in [1.29, 1.82) is 5.26 Å². The molecule has 106 valence electrons. The maximum Gasteiger partial charge on any atom is 0.259 e. The van der Waals surface area contributed by atoms with E-state index in [1.165, 1.54) is 7.11 Å². The summed E-state index contributed by atoms with van der Waals surface area (Å²) in [5, 5.41) is 11.4. The molecule has 1 amide bonds. The summed E-state index contributed by atoms with van der Waals surface area (Å²) in [7, 11) is 1.49. The molecule has 0 fully saturated rings. The third-order valence-corrected chi connectivity index (χ3v) is 2.97.